The molecule has 212 valence electrons. The van der Waals surface area contributed by atoms with E-state index in [4.69, 9.17) is 19.6 Å². The zero-order valence-electron chi connectivity index (χ0n) is 22.1. The van der Waals surface area contributed by atoms with Gasteiger partial charge in [-0.2, -0.15) is 13.2 Å². The third-order valence-corrected chi connectivity index (χ3v) is 7.18. The fraction of sp³-hybridized carbons (Fsp3) is 0.167. The molecular weight excluding hydrogens is 555 g/mol. The number of aliphatic carboxylic acids is 1. The van der Waals surface area contributed by atoms with E-state index in [0.717, 1.165) is 33.8 Å². The van der Waals surface area contributed by atoms with Crippen LogP contribution in [0.5, 0.6) is 0 Å². The van der Waals surface area contributed by atoms with Crippen LogP contribution < -0.4 is 5.32 Å². The predicted octanol–water partition coefficient (Wildman–Crippen LogP) is 6.98. The highest BCUT2D eigenvalue weighted by Crippen LogP contribution is 2.34. The third-order valence-electron chi connectivity index (χ3n) is 6.04. The van der Waals surface area contributed by atoms with Gasteiger partial charge in [-0.15, -0.1) is 11.3 Å². The van der Waals surface area contributed by atoms with E-state index < -0.39 is 12.1 Å². The summed E-state index contributed by atoms with van der Waals surface area (Å²) in [6, 6.07) is 26.6. The number of benzene rings is 3. The minimum absolute atomic E-state index is 0.315. The number of H-pyrrole nitrogens is 1. The number of hydrogen-bond acceptors (Lipinski definition) is 6. The number of halogens is 3. The zero-order valence-corrected chi connectivity index (χ0v) is 22.9. The summed E-state index contributed by atoms with van der Waals surface area (Å²) in [5.41, 5.74) is 7.29. The highest BCUT2D eigenvalue weighted by atomic mass is 32.1. The Morgan fingerprint density at radius 2 is 1.61 bits per heavy atom. The van der Waals surface area contributed by atoms with Crippen molar-refractivity contribution in [2.24, 2.45) is 0 Å². The summed E-state index contributed by atoms with van der Waals surface area (Å²) in [5.74, 6) is -2.16. The van der Waals surface area contributed by atoms with Gasteiger partial charge in [-0.05, 0) is 59.5 Å². The van der Waals surface area contributed by atoms with Crippen molar-refractivity contribution in [2.75, 3.05) is 7.11 Å². The summed E-state index contributed by atoms with van der Waals surface area (Å²) in [7, 11) is 1.40. The maximum Gasteiger partial charge on any atom is 0.490 e. The van der Waals surface area contributed by atoms with Gasteiger partial charge in [0.25, 0.3) is 0 Å². The van der Waals surface area contributed by atoms with Crippen molar-refractivity contribution in [2.45, 2.75) is 26.2 Å². The molecule has 0 saturated heterocycles. The number of carboxylic acids is 1. The van der Waals surface area contributed by atoms with Gasteiger partial charge in [0, 0.05) is 18.0 Å². The zero-order chi connectivity index (χ0) is 29.6. The number of thiophene rings is 1. The van der Waals surface area contributed by atoms with Gasteiger partial charge in [-0.3, -0.25) is 0 Å². The first-order valence-corrected chi connectivity index (χ1v) is 13.2. The molecule has 5 rings (SSSR count). The number of aryl methyl sites for hydroxylation is 1. The smallest absolute Gasteiger partial charge is 0.475 e. The second-order valence-corrected chi connectivity index (χ2v) is 10.1. The minimum Gasteiger partial charge on any atom is -0.475 e. The number of carbonyl (C=O) groups excluding carboxylic acids is 1. The molecule has 41 heavy (non-hydrogen) atoms. The number of para-hydroxylation sites is 1. The van der Waals surface area contributed by atoms with E-state index in [9.17, 15) is 18.0 Å². The average Bonchev–Trinajstić information content (AvgIpc) is 3.62. The summed E-state index contributed by atoms with van der Waals surface area (Å²) < 4.78 is 36.5. The van der Waals surface area contributed by atoms with Crippen molar-refractivity contribution in [1.29, 1.82) is 0 Å². The number of hydrogen-bond donors (Lipinski definition) is 3. The Kier molecular flexibility index (Phi) is 9.21. The van der Waals surface area contributed by atoms with Crippen molar-refractivity contribution < 1.29 is 32.6 Å². The van der Waals surface area contributed by atoms with E-state index in [-0.39, 0.29) is 5.97 Å². The molecule has 0 radical (unpaired) electrons. The van der Waals surface area contributed by atoms with E-state index in [2.05, 4.69) is 71.8 Å². The lowest BCUT2D eigenvalue weighted by Crippen LogP contribution is -2.21. The molecule has 0 fully saturated rings. The number of imidazole rings is 1. The quantitative estimate of drug-likeness (QED) is 0.179. The first-order valence-electron chi connectivity index (χ1n) is 12.4. The molecule has 0 atom stereocenters. The van der Waals surface area contributed by atoms with Gasteiger partial charge >= 0.3 is 18.1 Å². The van der Waals surface area contributed by atoms with Gasteiger partial charge in [-0.25, -0.2) is 14.6 Å². The van der Waals surface area contributed by atoms with Gasteiger partial charge in [0.1, 0.15) is 5.82 Å². The highest BCUT2D eigenvalue weighted by molar-refractivity contribution is 7.18. The molecule has 0 aliphatic heterocycles. The lowest BCUT2D eigenvalue weighted by Gasteiger charge is -2.07. The molecule has 11 heteroatoms. The highest BCUT2D eigenvalue weighted by Gasteiger charge is 2.38. The predicted molar refractivity (Wildman–Crippen MR) is 152 cm³/mol. The van der Waals surface area contributed by atoms with E-state index >= 15 is 0 Å². The number of aromatic amines is 1. The number of nitrogens with zero attached hydrogens (tertiary/aromatic N) is 1. The van der Waals surface area contributed by atoms with Crippen LogP contribution >= 0.6 is 11.3 Å². The number of aromatic nitrogens is 2. The number of esters is 1. The van der Waals surface area contributed by atoms with Gasteiger partial charge in [0.2, 0.25) is 0 Å². The molecule has 2 heterocycles. The molecule has 7 nitrogen and oxygen atoms in total. The standard InChI is InChI=1S/C28H25N3O2S.C2HF3O2/c1-18-5-3-8-23-26(18)31-27(30-23)25-14-13-24(34-25)21-11-9-19(10-12-21)16-29-17-20-6-4-7-22(15-20)28(32)33-2;3-2(4,5)1(6)7/h3-15,29H,16-17H2,1-2H3,(H,30,31);(H,6,7). The molecular formula is C30H26F3N3O4S. The number of fused-ring (bicyclic) bond motifs is 1. The Morgan fingerprint density at radius 3 is 2.27 bits per heavy atom. The van der Waals surface area contributed by atoms with Crippen LogP contribution in [-0.4, -0.2) is 40.3 Å². The number of nitrogens with one attached hydrogen (secondary N) is 2. The molecule has 2 aromatic heterocycles. The van der Waals surface area contributed by atoms with Crippen LogP contribution in [0.15, 0.2) is 78.9 Å². The Labute approximate surface area is 237 Å². The molecule has 3 aromatic carbocycles. The lowest BCUT2D eigenvalue weighted by molar-refractivity contribution is -0.192. The van der Waals surface area contributed by atoms with Crippen LogP contribution in [0.3, 0.4) is 0 Å². The summed E-state index contributed by atoms with van der Waals surface area (Å²) in [6.45, 7) is 3.51. The molecule has 0 unspecified atom stereocenters. The number of rotatable bonds is 7. The monoisotopic (exact) mass is 581 g/mol. The number of carbonyl (C=O) groups is 2. The van der Waals surface area contributed by atoms with Crippen LogP contribution in [0.2, 0.25) is 0 Å². The molecule has 3 N–H and O–H groups in total. The van der Waals surface area contributed by atoms with Crippen LogP contribution in [0.25, 0.3) is 32.2 Å². The largest absolute Gasteiger partial charge is 0.490 e. The van der Waals surface area contributed by atoms with Gasteiger partial charge in [0.05, 0.1) is 28.6 Å². The SMILES string of the molecule is COC(=O)c1cccc(CNCc2ccc(-c3ccc(-c4nc5c(C)cccc5[nH]4)s3)cc2)c1.O=C(O)C(F)(F)F. The van der Waals surface area contributed by atoms with E-state index in [1.165, 1.54) is 28.7 Å². The van der Waals surface area contributed by atoms with Crippen LogP contribution in [0.1, 0.15) is 27.0 Å². The lowest BCUT2D eigenvalue weighted by atomic mass is 10.1. The maximum absolute atomic E-state index is 11.7. The first-order chi connectivity index (χ1) is 19.5. The summed E-state index contributed by atoms with van der Waals surface area (Å²) >= 11 is 1.74. The van der Waals surface area contributed by atoms with Crippen molar-refractivity contribution in [1.82, 2.24) is 15.3 Å². The second kappa shape index (κ2) is 12.8. The van der Waals surface area contributed by atoms with E-state index in [0.29, 0.717) is 12.1 Å². The van der Waals surface area contributed by atoms with E-state index in [1.54, 1.807) is 17.4 Å². The van der Waals surface area contributed by atoms with Gasteiger partial charge in [0.15, 0.2) is 0 Å². The van der Waals surface area contributed by atoms with Gasteiger partial charge in [-0.1, -0.05) is 48.5 Å². The topological polar surface area (TPSA) is 104 Å². The fourth-order valence-electron chi connectivity index (χ4n) is 3.98. The molecule has 0 saturated carbocycles. The fourth-order valence-corrected chi connectivity index (χ4v) is 4.93. The van der Waals surface area contributed by atoms with Crippen molar-refractivity contribution in [3.8, 4) is 21.1 Å². The molecule has 0 aliphatic carbocycles. The normalized spacial score (nSPS) is 11.1. The maximum atomic E-state index is 11.7. The molecule has 0 amide bonds. The van der Waals surface area contributed by atoms with Crippen molar-refractivity contribution >= 4 is 34.3 Å². The van der Waals surface area contributed by atoms with E-state index in [1.807, 2.05) is 18.2 Å². The third kappa shape index (κ3) is 7.59. The molecule has 5 aromatic rings. The van der Waals surface area contributed by atoms with Crippen LogP contribution in [-0.2, 0) is 22.6 Å². The average molecular weight is 582 g/mol. The Hall–Kier alpha value is -4.48. The second-order valence-electron chi connectivity index (χ2n) is 9.02. The summed E-state index contributed by atoms with van der Waals surface area (Å²) in [4.78, 5) is 31.2. The van der Waals surface area contributed by atoms with Crippen molar-refractivity contribution in [3.63, 3.8) is 0 Å². The number of ether oxygens (including phenoxy) is 1. The Morgan fingerprint density at radius 1 is 0.951 bits per heavy atom. The minimum atomic E-state index is -5.08. The summed E-state index contributed by atoms with van der Waals surface area (Å²) in [5, 5.41) is 10.6. The Balaban J connectivity index is 0.000000493. The number of alkyl halides is 3. The number of carboxylic acid groups (broad SMARTS) is 1. The number of methoxy groups -OCH3 is 1. The molecule has 0 spiro atoms. The van der Waals surface area contributed by atoms with Crippen LogP contribution in [0.4, 0.5) is 13.2 Å². The summed E-state index contributed by atoms with van der Waals surface area (Å²) in [6.07, 6.45) is -5.08. The Bertz CT molecular complexity index is 1660. The molecule has 0 bridgehead atoms. The van der Waals surface area contributed by atoms with Crippen molar-refractivity contribution in [3.05, 3.63) is 101 Å². The molecule has 0 aliphatic rings. The van der Waals surface area contributed by atoms with Crippen LogP contribution in [0, 0.1) is 6.92 Å². The first kappa shape index (κ1) is 29.5. The van der Waals surface area contributed by atoms with Gasteiger partial charge < -0.3 is 20.1 Å².